The van der Waals surface area contributed by atoms with E-state index in [2.05, 4.69) is 16.4 Å². The van der Waals surface area contributed by atoms with Gasteiger partial charge in [0.05, 0.1) is 16.5 Å². The minimum Gasteiger partial charge on any atom is -0.488 e. The first-order valence-electron chi connectivity index (χ1n) is 9.73. The number of rotatable bonds is 5. The van der Waals surface area contributed by atoms with Crippen LogP contribution in [0.15, 0.2) is 88.8 Å². The van der Waals surface area contributed by atoms with Crippen molar-refractivity contribution in [2.45, 2.75) is 6.61 Å². The highest BCUT2D eigenvalue weighted by Crippen LogP contribution is 2.30. The van der Waals surface area contributed by atoms with Crippen LogP contribution in [0.1, 0.15) is 27.0 Å². The average molecular weight is 439 g/mol. The van der Waals surface area contributed by atoms with E-state index >= 15 is 0 Å². The summed E-state index contributed by atoms with van der Waals surface area (Å²) in [7, 11) is 0. The fourth-order valence-electron chi connectivity index (χ4n) is 3.00. The zero-order valence-electron chi connectivity index (χ0n) is 16.8. The number of hydrogen-bond acceptors (Lipinski definition) is 5. The second-order valence-corrected chi connectivity index (χ2v) is 7.78. The molecule has 0 aromatic heterocycles. The Hall–Kier alpha value is -4.15. The molecule has 32 heavy (non-hydrogen) atoms. The zero-order chi connectivity index (χ0) is 22.3. The molecule has 1 N–H and O–H groups in total. The van der Waals surface area contributed by atoms with E-state index in [9.17, 15) is 14.9 Å². The molecule has 2 amide bonds. The Kier molecular flexibility index (Phi) is 6.44. The van der Waals surface area contributed by atoms with Gasteiger partial charge in [-0.15, -0.1) is 0 Å². The number of para-hydroxylation sites is 1. The molecule has 1 fully saturated rings. The number of ether oxygens (including phenoxy) is 1. The fraction of sp³-hybridized carbons (Fsp3) is 0.0400. The average Bonchev–Trinajstić information content (AvgIpc) is 3.17. The Labute approximate surface area is 189 Å². The number of carbonyl (C=O) groups is 2. The van der Waals surface area contributed by atoms with Crippen LogP contribution in [0.25, 0.3) is 6.08 Å². The molecule has 3 aromatic carbocycles. The standard InChI is InChI=1S/C25H17N3O3S/c26-15-19-11-4-5-12-20(19)16-31-21-13-7-6-10-18(21)14-22-24(30)28-25(32-22)27-23(29)17-8-2-1-3-9-17/h1-14H,16H2,(H,27,28,29,30)/b22-14-. The topological polar surface area (TPSA) is 91.5 Å². The van der Waals surface area contributed by atoms with Crippen LogP contribution in [-0.2, 0) is 11.4 Å². The van der Waals surface area contributed by atoms with E-state index in [1.807, 2.05) is 36.4 Å². The van der Waals surface area contributed by atoms with Crippen LogP contribution in [0, 0.1) is 11.3 Å². The highest BCUT2D eigenvalue weighted by Gasteiger charge is 2.25. The van der Waals surface area contributed by atoms with Gasteiger partial charge in [-0.2, -0.15) is 10.3 Å². The predicted molar refractivity (Wildman–Crippen MR) is 124 cm³/mol. The van der Waals surface area contributed by atoms with Gasteiger partial charge < -0.3 is 10.1 Å². The summed E-state index contributed by atoms with van der Waals surface area (Å²) in [5.41, 5.74) is 2.48. The summed E-state index contributed by atoms with van der Waals surface area (Å²) in [5.74, 6) is -0.180. The van der Waals surface area contributed by atoms with Crippen molar-refractivity contribution >= 4 is 34.8 Å². The van der Waals surface area contributed by atoms with Crippen LogP contribution in [0.5, 0.6) is 5.75 Å². The van der Waals surface area contributed by atoms with E-state index < -0.39 is 5.91 Å². The molecule has 1 heterocycles. The van der Waals surface area contributed by atoms with Gasteiger partial charge in [-0.05, 0) is 42.1 Å². The molecule has 0 atom stereocenters. The van der Waals surface area contributed by atoms with Crippen molar-refractivity contribution in [1.82, 2.24) is 5.32 Å². The van der Waals surface area contributed by atoms with Crippen molar-refractivity contribution < 1.29 is 14.3 Å². The molecule has 0 saturated carbocycles. The van der Waals surface area contributed by atoms with Crippen LogP contribution in [0.3, 0.4) is 0 Å². The largest absolute Gasteiger partial charge is 0.488 e. The van der Waals surface area contributed by atoms with Crippen molar-refractivity contribution in [1.29, 1.82) is 5.26 Å². The van der Waals surface area contributed by atoms with Crippen LogP contribution < -0.4 is 10.1 Å². The maximum Gasteiger partial charge on any atom is 0.279 e. The number of amides is 2. The molecule has 156 valence electrons. The second kappa shape index (κ2) is 9.77. The first-order chi connectivity index (χ1) is 15.6. The lowest BCUT2D eigenvalue weighted by molar-refractivity contribution is -0.115. The molecule has 1 aliphatic rings. The summed E-state index contributed by atoms with van der Waals surface area (Å²) in [4.78, 5) is 29.1. The summed E-state index contributed by atoms with van der Waals surface area (Å²) < 4.78 is 5.94. The van der Waals surface area contributed by atoms with E-state index in [1.165, 1.54) is 0 Å². The summed E-state index contributed by atoms with van der Waals surface area (Å²) >= 11 is 1.10. The number of nitrogens with one attached hydrogen (secondary N) is 1. The SMILES string of the molecule is N#Cc1ccccc1COc1ccccc1/C=C1\SC(=NC(=O)c2ccccc2)NC1=O. The summed E-state index contributed by atoms with van der Waals surface area (Å²) in [6, 6.07) is 25.4. The first kappa shape index (κ1) is 21.1. The number of nitrogens with zero attached hydrogens (tertiary/aromatic N) is 2. The first-order valence-corrected chi connectivity index (χ1v) is 10.5. The number of nitriles is 1. The molecule has 0 bridgehead atoms. The highest BCUT2D eigenvalue weighted by molar-refractivity contribution is 8.18. The summed E-state index contributed by atoms with van der Waals surface area (Å²) in [5, 5.41) is 12.1. The predicted octanol–water partition coefficient (Wildman–Crippen LogP) is 4.54. The Morgan fingerprint density at radius 1 is 1.03 bits per heavy atom. The van der Waals surface area contributed by atoms with Crippen molar-refractivity contribution in [3.8, 4) is 11.8 Å². The molecule has 0 radical (unpaired) electrons. The van der Waals surface area contributed by atoms with Gasteiger partial charge in [-0.25, -0.2) is 0 Å². The molecule has 7 heteroatoms. The van der Waals surface area contributed by atoms with Gasteiger partial charge in [0.25, 0.3) is 11.8 Å². The normalized spacial score (nSPS) is 15.4. The van der Waals surface area contributed by atoms with Gasteiger partial charge in [0, 0.05) is 16.7 Å². The van der Waals surface area contributed by atoms with Crippen molar-refractivity contribution in [3.63, 3.8) is 0 Å². The number of amidine groups is 1. The molecular formula is C25H17N3O3S. The van der Waals surface area contributed by atoms with E-state index in [-0.39, 0.29) is 17.7 Å². The van der Waals surface area contributed by atoms with Gasteiger partial charge in [0.15, 0.2) is 5.17 Å². The molecule has 6 nitrogen and oxygen atoms in total. The highest BCUT2D eigenvalue weighted by atomic mass is 32.2. The van der Waals surface area contributed by atoms with Gasteiger partial charge in [0.1, 0.15) is 12.4 Å². The zero-order valence-corrected chi connectivity index (χ0v) is 17.6. The number of thioether (sulfide) groups is 1. The number of hydrogen-bond donors (Lipinski definition) is 1. The van der Waals surface area contributed by atoms with E-state index in [0.29, 0.717) is 27.3 Å². The van der Waals surface area contributed by atoms with Crippen LogP contribution in [-0.4, -0.2) is 17.0 Å². The van der Waals surface area contributed by atoms with Gasteiger partial charge >= 0.3 is 0 Å². The van der Waals surface area contributed by atoms with Crippen LogP contribution >= 0.6 is 11.8 Å². The van der Waals surface area contributed by atoms with Crippen molar-refractivity contribution in [3.05, 3.63) is 106 Å². The van der Waals surface area contributed by atoms with E-state index in [4.69, 9.17) is 4.74 Å². The lowest BCUT2D eigenvalue weighted by Crippen LogP contribution is -2.20. The third-order valence-electron chi connectivity index (χ3n) is 4.60. The Balaban J connectivity index is 1.52. The lowest BCUT2D eigenvalue weighted by atomic mass is 10.1. The fourth-order valence-corrected chi connectivity index (χ4v) is 3.81. The van der Waals surface area contributed by atoms with Crippen molar-refractivity contribution in [2.75, 3.05) is 0 Å². The Morgan fingerprint density at radius 3 is 2.56 bits per heavy atom. The van der Waals surface area contributed by atoms with Gasteiger partial charge in [-0.3, -0.25) is 9.59 Å². The van der Waals surface area contributed by atoms with E-state index in [0.717, 1.165) is 17.3 Å². The smallest absolute Gasteiger partial charge is 0.279 e. The summed E-state index contributed by atoms with van der Waals surface area (Å²) in [6.07, 6.45) is 1.70. The molecule has 1 aliphatic heterocycles. The molecule has 1 saturated heterocycles. The molecule has 0 spiro atoms. The monoisotopic (exact) mass is 439 g/mol. The second-order valence-electron chi connectivity index (χ2n) is 6.75. The molecule has 3 aromatic rings. The Morgan fingerprint density at radius 2 is 1.75 bits per heavy atom. The third kappa shape index (κ3) is 4.94. The maximum absolute atomic E-state index is 12.4. The minimum absolute atomic E-state index is 0.224. The number of benzene rings is 3. The van der Waals surface area contributed by atoms with Gasteiger partial charge in [-0.1, -0.05) is 54.6 Å². The van der Waals surface area contributed by atoms with E-state index in [1.54, 1.807) is 48.5 Å². The number of aliphatic imine (C=N–C) groups is 1. The molecule has 4 rings (SSSR count). The maximum atomic E-state index is 12.4. The molecular weight excluding hydrogens is 422 g/mol. The van der Waals surface area contributed by atoms with Gasteiger partial charge in [0.2, 0.25) is 0 Å². The third-order valence-corrected chi connectivity index (χ3v) is 5.51. The van der Waals surface area contributed by atoms with Crippen molar-refractivity contribution in [2.24, 2.45) is 4.99 Å². The Bertz CT molecular complexity index is 1280. The summed E-state index contributed by atoms with van der Waals surface area (Å²) in [6.45, 7) is 0.224. The number of carbonyl (C=O) groups excluding carboxylic acids is 2. The molecule has 0 aliphatic carbocycles. The lowest BCUT2D eigenvalue weighted by Gasteiger charge is -2.10. The van der Waals surface area contributed by atoms with Crippen LogP contribution in [0.2, 0.25) is 0 Å². The van der Waals surface area contributed by atoms with Crippen LogP contribution in [0.4, 0.5) is 0 Å². The minimum atomic E-state index is -0.422. The quantitative estimate of drug-likeness (QED) is 0.590. The molecule has 0 unspecified atom stereocenters.